The molecule has 1 heteroatoms. The van der Waals surface area contributed by atoms with E-state index >= 15 is 0 Å². The first kappa shape index (κ1) is 12.3. The summed E-state index contributed by atoms with van der Waals surface area (Å²) in [5, 5.41) is 5.13. The minimum absolute atomic E-state index is 1.08. The topological polar surface area (TPSA) is 12.9 Å². The van der Waals surface area contributed by atoms with Gasteiger partial charge in [0.15, 0.2) is 0 Å². The van der Waals surface area contributed by atoms with Crippen LogP contribution in [0.15, 0.2) is 48.5 Å². The van der Waals surface area contributed by atoms with Crippen molar-refractivity contribution in [1.82, 2.24) is 4.98 Å². The van der Waals surface area contributed by atoms with Crippen molar-refractivity contribution in [2.75, 3.05) is 0 Å². The van der Waals surface area contributed by atoms with Gasteiger partial charge in [-0.25, -0.2) is 4.98 Å². The molecule has 4 aromatic rings. The first-order valence-corrected chi connectivity index (χ1v) is 7.35. The molecule has 0 spiro atoms. The number of para-hydroxylation sites is 1. The largest absolute Gasteiger partial charge is 0.247 e. The summed E-state index contributed by atoms with van der Waals surface area (Å²) in [6.07, 6.45) is 0. The summed E-state index contributed by atoms with van der Waals surface area (Å²) in [4.78, 5) is 4.97. The molecular weight excluding hydrogens is 254 g/mol. The summed E-state index contributed by atoms with van der Waals surface area (Å²) in [5.74, 6) is 0. The number of fused-ring (bicyclic) bond motifs is 4. The number of nitrogens with zero attached hydrogens (tertiary/aromatic N) is 1. The quantitative estimate of drug-likeness (QED) is 0.305. The molecule has 0 saturated carbocycles. The smallest absolute Gasteiger partial charge is 0.0793 e. The Bertz CT molecular complexity index is 1010. The van der Waals surface area contributed by atoms with Crippen LogP contribution < -0.4 is 0 Å². The Morgan fingerprint density at radius 2 is 1.24 bits per heavy atom. The van der Waals surface area contributed by atoms with Crippen LogP contribution in [0, 0.1) is 20.8 Å². The van der Waals surface area contributed by atoms with Crippen molar-refractivity contribution >= 4 is 32.6 Å². The molecule has 102 valence electrons. The van der Waals surface area contributed by atoms with E-state index in [9.17, 15) is 0 Å². The molecule has 0 radical (unpaired) electrons. The SMILES string of the molecule is Cc1c(C)c2c(C)c3ccccc3nc2c2ccccc12. The van der Waals surface area contributed by atoms with Crippen LogP contribution in [0.5, 0.6) is 0 Å². The monoisotopic (exact) mass is 271 g/mol. The Kier molecular flexibility index (Phi) is 2.52. The average Bonchev–Trinajstić information content (AvgIpc) is 2.52. The number of aryl methyl sites for hydroxylation is 3. The molecule has 0 N–H and O–H groups in total. The summed E-state index contributed by atoms with van der Waals surface area (Å²) in [6.45, 7) is 6.65. The Labute approximate surface area is 124 Å². The molecule has 4 rings (SSSR count). The third-order valence-corrected chi connectivity index (χ3v) is 4.68. The van der Waals surface area contributed by atoms with E-state index in [0.29, 0.717) is 0 Å². The van der Waals surface area contributed by atoms with Gasteiger partial charge in [0.2, 0.25) is 0 Å². The molecule has 0 amide bonds. The van der Waals surface area contributed by atoms with E-state index in [1.54, 1.807) is 0 Å². The van der Waals surface area contributed by atoms with Gasteiger partial charge in [-0.3, -0.25) is 0 Å². The fourth-order valence-corrected chi connectivity index (χ4v) is 3.44. The minimum Gasteiger partial charge on any atom is -0.247 e. The van der Waals surface area contributed by atoms with Crippen LogP contribution in [0.25, 0.3) is 32.6 Å². The van der Waals surface area contributed by atoms with E-state index in [4.69, 9.17) is 4.98 Å². The summed E-state index contributed by atoms with van der Waals surface area (Å²) < 4.78 is 0. The van der Waals surface area contributed by atoms with Gasteiger partial charge in [0.1, 0.15) is 0 Å². The highest BCUT2D eigenvalue weighted by molar-refractivity contribution is 6.13. The van der Waals surface area contributed by atoms with Gasteiger partial charge in [-0.1, -0.05) is 42.5 Å². The van der Waals surface area contributed by atoms with Crippen LogP contribution in [0.2, 0.25) is 0 Å². The highest BCUT2D eigenvalue weighted by Gasteiger charge is 2.13. The van der Waals surface area contributed by atoms with Crippen LogP contribution in [0.3, 0.4) is 0 Å². The lowest BCUT2D eigenvalue weighted by Gasteiger charge is -2.15. The Balaban J connectivity index is 2.39. The molecule has 0 saturated heterocycles. The Morgan fingerprint density at radius 1 is 0.619 bits per heavy atom. The van der Waals surface area contributed by atoms with Gasteiger partial charge in [-0.05, 0) is 48.9 Å². The zero-order valence-electron chi connectivity index (χ0n) is 12.6. The second-order valence-electron chi connectivity index (χ2n) is 5.77. The zero-order valence-corrected chi connectivity index (χ0v) is 12.6. The van der Waals surface area contributed by atoms with Gasteiger partial charge >= 0.3 is 0 Å². The van der Waals surface area contributed by atoms with Crippen molar-refractivity contribution in [1.29, 1.82) is 0 Å². The first-order chi connectivity index (χ1) is 10.2. The fraction of sp³-hybridized carbons (Fsp3) is 0.150. The molecule has 1 heterocycles. The molecule has 21 heavy (non-hydrogen) atoms. The highest BCUT2D eigenvalue weighted by atomic mass is 14.7. The van der Waals surface area contributed by atoms with Gasteiger partial charge in [-0.15, -0.1) is 0 Å². The van der Waals surface area contributed by atoms with Crippen molar-refractivity contribution < 1.29 is 0 Å². The molecule has 0 bridgehead atoms. The van der Waals surface area contributed by atoms with Gasteiger partial charge < -0.3 is 0 Å². The maximum absolute atomic E-state index is 4.97. The highest BCUT2D eigenvalue weighted by Crippen LogP contribution is 2.35. The van der Waals surface area contributed by atoms with Crippen LogP contribution in [0.4, 0.5) is 0 Å². The lowest BCUT2D eigenvalue weighted by molar-refractivity contribution is 1.37. The molecule has 1 aromatic heterocycles. The van der Waals surface area contributed by atoms with Crippen molar-refractivity contribution in [3.05, 3.63) is 65.2 Å². The van der Waals surface area contributed by atoms with Crippen LogP contribution in [0.1, 0.15) is 16.7 Å². The van der Waals surface area contributed by atoms with E-state index in [1.807, 2.05) is 0 Å². The maximum Gasteiger partial charge on any atom is 0.0793 e. The molecular formula is C20H17N. The van der Waals surface area contributed by atoms with Crippen LogP contribution in [-0.4, -0.2) is 4.98 Å². The van der Waals surface area contributed by atoms with Crippen molar-refractivity contribution in [2.24, 2.45) is 0 Å². The lowest BCUT2D eigenvalue weighted by Crippen LogP contribution is -1.94. The fourth-order valence-electron chi connectivity index (χ4n) is 3.44. The Hall–Kier alpha value is -2.41. The molecule has 0 atom stereocenters. The summed E-state index contributed by atoms with van der Waals surface area (Å²) in [7, 11) is 0. The van der Waals surface area contributed by atoms with E-state index < -0.39 is 0 Å². The van der Waals surface area contributed by atoms with Crippen LogP contribution >= 0.6 is 0 Å². The minimum atomic E-state index is 1.08. The number of aromatic nitrogens is 1. The van der Waals surface area contributed by atoms with E-state index in [1.165, 1.54) is 38.2 Å². The molecule has 0 aliphatic rings. The number of pyridine rings is 1. The molecule has 0 aliphatic carbocycles. The van der Waals surface area contributed by atoms with E-state index in [2.05, 4.69) is 69.3 Å². The second kappa shape index (κ2) is 4.29. The maximum atomic E-state index is 4.97. The van der Waals surface area contributed by atoms with Crippen molar-refractivity contribution in [3.63, 3.8) is 0 Å². The third kappa shape index (κ3) is 1.61. The summed E-state index contributed by atoms with van der Waals surface area (Å²) in [6, 6.07) is 17.0. The number of hydrogen-bond acceptors (Lipinski definition) is 1. The second-order valence-corrected chi connectivity index (χ2v) is 5.77. The van der Waals surface area contributed by atoms with E-state index in [-0.39, 0.29) is 0 Å². The van der Waals surface area contributed by atoms with Crippen LogP contribution in [-0.2, 0) is 0 Å². The predicted octanol–water partition coefficient (Wildman–Crippen LogP) is 5.47. The standard InChI is InChI=1S/C20H17N/c1-12-13(2)19-14(3)16-9-6-7-11-18(16)21-20(19)17-10-5-4-8-15(12)17/h4-11H,1-3H3. The van der Waals surface area contributed by atoms with Gasteiger partial charge in [0, 0.05) is 16.2 Å². The predicted molar refractivity (Wildman–Crippen MR) is 91.0 cm³/mol. The Morgan fingerprint density at radius 3 is 2.00 bits per heavy atom. The van der Waals surface area contributed by atoms with Gasteiger partial charge in [0.25, 0.3) is 0 Å². The summed E-state index contributed by atoms with van der Waals surface area (Å²) in [5.41, 5.74) is 6.25. The molecule has 0 unspecified atom stereocenters. The number of rotatable bonds is 0. The lowest BCUT2D eigenvalue weighted by atomic mass is 9.92. The third-order valence-electron chi connectivity index (χ3n) is 4.68. The molecule has 0 aliphatic heterocycles. The number of hydrogen-bond donors (Lipinski definition) is 0. The molecule has 3 aromatic carbocycles. The molecule has 0 fully saturated rings. The first-order valence-electron chi connectivity index (χ1n) is 7.35. The normalized spacial score (nSPS) is 11.6. The number of benzene rings is 3. The van der Waals surface area contributed by atoms with Crippen molar-refractivity contribution in [3.8, 4) is 0 Å². The van der Waals surface area contributed by atoms with Crippen molar-refractivity contribution in [2.45, 2.75) is 20.8 Å². The average molecular weight is 271 g/mol. The van der Waals surface area contributed by atoms with Gasteiger partial charge in [-0.2, -0.15) is 0 Å². The molecule has 1 nitrogen and oxygen atoms in total. The van der Waals surface area contributed by atoms with E-state index in [0.717, 1.165) is 11.0 Å². The zero-order chi connectivity index (χ0) is 14.6. The summed E-state index contributed by atoms with van der Waals surface area (Å²) >= 11 is 0. The van der Waals surface area contributed by atoms with Gasteiger partial charge in [0.05, 0.1) is 11.0 Å².